The molecule has 1 aliphatic rings. The molecule has 3 heterocycles. The number of carbonyl (C=O) groups excluding carboxylic acids is 1. The highest BCUT2D eigenvalue weighted by Gasteiger charge is 2.45. The van der Waals surface area contributed by atoms with E-state index in [0.29, 0.717) is 38.2 Å². The van der Waals surface area contributed by atoms with Crippen molar-refractivity contribution in [2.75, 3.05) is 19.1 Å². The van der Waals surface area contributed by atoms with Gasteiger partial charge in [-0.3, -0.25) is 14.5 Å². The number of carbonyl (C=O) groups is 1. The lowest BCUT2D eigenvalue weighted by molar-refractivity contribution is 0.0970. The van der Waals surface area contributed by atoms with E-state index < -0.39 is 11.9 Å². The summed E-state index contributed by atoms with van der Waals surface area (Å²) in [5, 5.41) is 10.4. The van der Waals surface area contributed by atoms with Gasteiger partial charge in [0.2, 0.25) is 10.9 Å². The van der Waals surface area contributed by atoms with Gasteiger partial charge in [-0.05, 0) is 42.3 Å². The number of rotatable bonds is 6. The number of hydrogen-bond donors (Lipinski definition) is 0. The largest absolute Gasteiger partial charge is 0.493 e. The lowest BCUT2D eigenvalue weighted by Gasteiger charge is -2.23. The fraction of sp³-hybridized carbons (Fsp3) is 0.250. The molecule has 2 aromatic heterocycles. The molecule has 0 bridgehead atoms. The molecular weight excluding hydrogens is 478 g/mol. The third kappa shape index (κ3) is 3.52. The van der Waals surface area contributed by atoms with Crippen LogP contribution in [0.15, 0.2) is 45.6 Å². The van der Waals surface area contributed by atoms with Crippen LogP contribution in [-0.4, -0.2) is 30.3 Å². The van der Waals surface area contributed by atoms with E-state index in [1.54, 1.807) is 43.5 Å². The Morgan fingerprint density at radius 3 is 2.62 bits per heavy atom. The molecular formula is C24H20ClN3O5S. The number of halogens is 1. The van der Waals surface area contributed by atoms with Crippen molar-refractivity contribution in [1.29, 1.82) is 0 Å². The van der Waals surface area contributed by atoms with Crippen molar-refractivity contribution in [2.45, 2.75) is 25.8 Å². The zero-order valence-electron chi connectivity index (χ0n) is 18.6. The number of fused-ring (bicyclic) bond motifs is 2. The first-order valence-electron chi connectivity index (χ1n) is 10.6. The van der Waals surface area contributed by atoms with Crippen LogP contribution in [0.5, 0.6) is 11.5 Å². The van der Waals surface area contributed by atoms with Crippen LogP contribution in [0.3, 0.4) is 0 Å². The summed E-state index contributed by atoms with van der Waals surface area (Å²) in [7, 11) is 3.07. The molecule has 2 aromatic carbocycles. The minimum absolute atomic E-state index is 0.0214. The summed E-state index contributed by atoms with van der Waals surface area (Å²) in [4.78, 5) is 28.8. The van der Waals surface area contributed by atoms with Crippen LogP contribution in [0.1, 0.15) is 46.1 Å². The van der Waals surface area contributed by atoms with Gasteiger partial charge in [0.25, 0.3) is 5.91 Å². The standard InChI is InChI=1S/C24H20ClN3O5S/c1-4-5-18-26-27-24(34-18)28-20(12-6-8-16(31-2)17(10-12)32-3)19-21(29)14-11-13(25)7-9-15(14)33-22(19)23(28)30/h6-11,20H,4-5H2,1-3H3. The van der Waals surface area contributed by atoms with Crippen LogP contribution in [-0.2, 0) is 6.42 Å². The molecule has 0 saturated carbocycles. The molecule has 34 heavy (non-hydrogen) atoms. The van der Waals surface area contributed by atoms with Gasteiger partial charge in [0.15, 0.2) is 16.9 Å². The highest BCUT2D eigenvalue weighted by atomic mass is 35.5. The van der Waals surface area contributed by atoms with E-state index in [9.17, 15) is 9.59 Å². The summed E-state index contributed by atoms with van der Waals surface area (Å²) in [6.07, 6.45) is 1.64. The number of methoxy groups -OCH3 is 2. The smallest absolute Gasteiger partial charge is 0.297 e. The Hall–Kier alpha value is -3.43. The lowest BCUT2D eigenvalue weighted by atomic mass is 9.98. The summed E-state index contributed by atoms with van der Waals surface area (Å²) < 4.78 is 16.8. The average Bonchev–Trinajstić information content (AvgIpc) is 3.41. The maximum atomic E-state index is 13.7. The maximum Gasteiger partial charge on any atom is 0.297 e. The quantitative estimate of drug-likeness (QED) is 0.369. The highest BCUT2D eigenvalue weighted by molar-refractivity contribution is 7.15. The van der Waals surface area contributed by atoms with Crippen molar-refractivity contribution in [2.24, 2.45) is 0 Å². The average molecular weight is 498 g/mol. The predicted octanol–water partition coefficient (Wildman–Crippen LogP) is 5.02. The van der Waals surface area contributed by atoms with Crippen LogP contribution in [0.25, 0.3) is 11.0 Å². The van der Waals surface area contributed by atoms with E-state index in [2.05, 4.69) is 10.2 Å². The maximum absolute atomic E-state index is 13.7. The number of nitrogens with zero attached hydrogens (tertiary/aromatic N) is 3. The van der Waals surface area contributed by atoms with E-state index >= 15 is 0 Å². The SMILES string of the molecule is CCCc1nnc(N2C(=O)c3oc4ccc(Cl)cc4c(=O)c3C2c2ccc(OC)c(OC)c2)s1. The molecule has 0 fully saturated rings. The Morgan fingerprint density at radius 1 is 1.09 bits per heavy atom. The Labute approximate surface area is 203 Å². The summed E-state index contributed by atoms with van der Waals surface area (Å²) in [6.45, 7) is 2.05. The van der Waals surface area contributed by atoms with Gasteiger partial charge in [0.1, 0.15) is 10.6 Å². The molecule has 1 amide bonds. The van der Waals surface area contributed by atoms with Crippen LogP contribution in [0.2, 0.25) is 5.02 Å². The number of aromatic nitrogens is 2. The summed E-state index contributed by atoms with van der Waals surface area (Å²) in [5.74, 6) is 0.522. The van der Waals surface area contributed by atoms with Crippen LogP contribution < -0.4 is 19.8 Å². The Kier molecular flexibility index (Phi) is 5.75. The summed E-state index contributed by atoms with van der Waals surface area (Å²) in [6, 6.07) is 9.23. The zero-order chi connectivity index (χ0) is 24.0. The molecule has 0 spiro atoms. The van der Waals surface area contributed by atoms with Crippen molar-refractivity contribution in [3.63, 3.8) is 0 Å². The number of anilines is 1. The Balaban J connectivity index is 1.77. The van der Waals surface area contributed by atoms with Gasteiger partial charge >= 0.3 is 0 Å². The monoisotopic (exact) mass is 497 g/mol. The van der Waals surface area contributed by atoms with Crippen molar-refractivity contribution < 1.29 is 18.7 Å². The van der Waals surface area contributed by atoms with Crippen molar-refractivity contribution in [3.05, 3.63) is 73.5 Å². The zero-order valence-corrected chi connectivity index (χ0v) is 20.2. The normalized spacial score (nSPS) is 15.1. The van der Waals surface area contributed by atoms with Gasteiger partial charge in [-0.15, -0.1) is 10.2 Å². The summed E-state index contributed by atoms with van der Waals surface area (Å²) in [5.41, 5.74) is 0.830. The number of hydrogen-bond acceptors (Lipinski definition) is 8. The van der Waals surface area contributed by atoms with Gasteiger partial charge in [-0.25, -0.2) is 0 Å². The first-order valence-corrected chi connectivity index (χ1v) is 11.8. The van der Waals surface area contributed by atoms with Gasteiger partial charge < -0.3 is 13.9 Å². The molecule has 174 valence electrons. The number of aryl methyl sites for hydroxylation is 1. The molecule has 1 aliphatic heterocycles. The van der Waals surface area contributed by atoms with Crippen LogP contribution in [0.4, 0.5) is 5.13 Å². The van der Waals surface area contributed by atoms with Crippen LogP contribution in [0, 0.1) is 0 Å². The molecule has 10 heteroatoms. The third-order valence-electron chi connectivity index (χ3n) is 5.68. The molecule has 8 nitrogen and oxygen atoms in total. The van der Waals surface area contributed by atoms with E-state index in [4.69, 9.17) is 25.5 Å². The van der Waals surface area contributed by atoms with Gasteiger partial charge in [-0.1, -0.05) is 35.9 Å². The topological polar surface area (TPSA) is 94.8 Å². The third-order valence-corrected chi connectivity index (χ3v) is 6.90. The molecule has 0 aliphatic carbocycles. The van der Waals surface area contributed by atoms with E-state index in [1.807, 2.05) is 6.92 Å². The molecule has 0 saturated heterocycles. The van der Waals surface area contributed by atoms with E-state index in [1.165, 1.54) is 23.3 Å². The number of amides is 1. The molecule has 1 unspecified atom stereocenters. The number of ether oxygens (including phenoxy) is 2. The summed E-state index contributed by atoms with van der Waals surface area (Å²) >= 11 is 7.47. The molecule has 0 N–H and O–H groups in total. The van der Waals surface area contributed by atoms with Gasteiger partial charge in [-0.2, -0.15) is 0 Å². The lowest BCUT2D eigenvalue weighted by Crippen LogP contribution is -2.29. The molecule has 4 aromatic rings. The van der Waals surface area contributed by atoms with E-state index in [0.717, 1.165) is 17.8 Å². The minimum atomic E-state index is -0.788. The Morgan fingerprint density at radius 2 is 1.88 bits per heavy atom. The van der Waals surface area contributed by atoms with Crippen molar-refractivity contribution in [1.82, 2.24) is 10.2 Å². The fourth-order valence-electron chi connectivity index (χ4n) is 4.14. The van der Waals surface area contributed by atoms with Gasteiger partial charge in [0, 0.05) is 11.4 Å². The predicted molar refractivity (Wildman–Crippen MR) is 130 cm³/mol. The van der Waals surface area contributed by atoms with Crippen molar-refractivity contribution >= 4 is 44.9 Å². The first kappa shape index (κ1) is 22.4. The van der Waals surface area contributed by atoms with Crippen LogP contribution >= 0.6 is 22.9 Å². The molecule has 0 radical (unpaired) electrons. The second-order valence-corrected chi connectivity index (χ2v) is 9.21. The molecule has 1 atom stereocenters. The highest BCUT2D eigenvalue weighted by Crippen LogP contribution is 2.44. The fourth-order valence-corrected chi connectivity index (χ4v) is 5.28. The van der Waals surface area contributed by atoms with Crippen molar-refractivity contribution in [3.8, 4) is 11.5 Å². The molecule has 5 rings (SSSR count). The van der Waals surface area contributed by atoms with E-state index in [-0.39, 0.29) is 16.8 Å². The van der Waals surface area contributed by atoms with Gasteiger partial charge in [0.05, 0.1) is 31.2 Å². The Bertz CT molecular complexity index is 1480. The second kappa shape index (κ2) is 8.73. The second-order valence-electron chi connectivity index (χ2n) is 7.73. The minimum Gasteiger partial charge on any atom is -0.493 e. The number of benzene rings is 2. The first-order chi connectivity index (χ1) is 16.5.